The first kappa shape index (κ1) is 18.6. The minimum absolute atomic E-state index is 0.165. The Kier molecular flexibility index (Phi) is 4.87. The second-order valence-electron chi connectivity index (χ2n) is 6.28. The average Bonchev–Trinajstić information content (AvgIpc) is 3.25. The van der Waals surface area contributed by atoms with Gasteiger partial charge in [0.1, 0.15) is 0 Å². The number of aromatic nitrogens is 4. The van der Waals surface area contributed by atoms with E-state index in [-0.39, 0.29) is 5.56 Å². The molecule has 0 atom stereocenters. The molecule has 8 heteroatoms. The number of carboxylic acids is 1. The summed E-state index contributed by atoms with van der Waals surface area (Å²) in [6, 6.07) is 7.41. The summed E-state index contributed by atoms with van der Waals surface area (Å²) in [5.41, 5.74) is 3.12. The third-order valence-electron chi connectivity index (χ3n) is 4.49. The summed E-state index contributed by atoms with van der Waals surface area (Å²) in [5.74, 6) is -0.993. The minimum atomic E-state index is -0.993. The molecule has 0 spiro atoms. The maximum atomic E-state index is 11.3. The van der Waals surface area contributed by atoms with Gasteiger partial charge in [0.25, 0.3) is 0 Å². The number of rotatable bonds is 5. The molecule has 0 fully saturated rings. The Bertz CT molecular complexity index is 1200. The zero-order valence-electron chi connectivity index (χ0n) is 15.3. The van der Waals surface area contributed by atoms with Crippen LogP contribution in [0.3, 0.4) is 0 Å². The summed E-state index contributed by atoms with van der Waals surface area (Å²) in [7, 11) is 0. The summed E-state index contributed by atoms with van der Waals surface area (Å²) in [4.78, 5) is 17.1. The number of benzene rings is 1. The monoisotopic (exact) mass is 412 g/mol. The zero-order chi connectivity index (χ0) is 19.8. The van der Waals surface area contributed by atoms with Gasteiger partial charge in [-0.3, -0.25) is 9.67 Å². The van der Waals surface area contributed by atoms with Crippen LogP contribution in [0.1, 0.15) is 23.0 Å². The van der Waals surface area contributed by atoms with E-state index in [1.165, 1.54) is 18.0 Å². The number of halogens is 1. The number of carboxylic acid groups (broad SMARTS) is 1. The van der Waals surface area contributed by atoms with Crippen molar-refractivity contribution < 1.29 is 9.90 Å². The van der Waals surface area contributed by atoms with Crippen LogP contribution in [0.4, 0.5) is 0 Å². The Morgan fingerprint density at radius 1 is 1.25 bits per heavy atom. The van der Waals surface area contributed by atoms with Gasteiger partial charge in [0.05, 0.1) is 23.0 Å². The molecule has 4 rings (SSSR count). The number of hydrogen-bond acceptors (Lipinski definition) is 4. The second kappa shape index (κ2) is 7.33. The Morgan fingerprint density at radius 2 is 2.07 bits per heavy atom. The van der Waals surface area contributed by atoms with E-state index in [1.807, 2.05) is 49.1 Å². The van der Waals surface area contributed by atoms with Crippen molar-refractivity contribution in [3.63, 3.8) is 0 Å². The molecule has 1 aromatic carbocycles. The molecule has 3 aromatic heterocycles. The molecule has 0 aliphatic heterocycles. The van der Waals surface area contributed by atoms with E-state index < -0.39 is 5.97 Å². The van der Waals surface area contributed by atoms with Gasteiger partial charge in [-0.25, -0.2) is 4.79 Å². The summed E-state index contributed by atoms with van der Waals surface area (Å²) in [6.07, 6.45) is 6.85. The van der Waals surface area contributed by atoms with Crippen molar-refractivity contribution >= 4 is 40.2 Å². The summed E-state index contributed by atoms with van der Waals surface area (Å²) < 4.78 is 4.00. The number of aromatic carboxylic acids is 1. The van der Waals surface area contributed by atoms with Gasteiger partial charge in [-0.1, -0.05) is 29.4 Å². The van der Waals surface area contributed by atoms with Crippen molar-refractivity contribution in [3.05, 3.63) is 65.3 Å². The van der Waals surface area contributed by atoms with E-state index in [9.17, 15) is 9.90 Å². The Balaban J connectivity index is 1.88. The zero-order valence-corrected chi connectivity index (χ0v) is 16.8. The number of carbonyl (C=O) groups is 1. The highest BCUT2D eigenvalue weighted by atomic mass is 35.5. The standard InChI is InChI=1S/C20H17ClN4O2S/c1-3-24-11-15(9-23-24)25-12(2)19(17-5-4-14(21)7-18(17)25)28-16-6-13(20(26)27)8-22-10-16/h4-11H,3H2,1-2H3,(H,26,27). The molecule has 28 heavy (non-hydrogen) atoms. The van der Waals surface area contributed by atoms with Crippen LogP contribution in [0.5, 0.6) is 0 Å². The van der Waals surface area contributed by atoms with Gasteiger partial charge >= 0.3 is 5.97 Å². The number of fused-ring (bicyclic) bond motifs is 1. The number of aryl methyl sites for hydroxylation is 1. The highest BCUT2D eigenvalue weighted by Gasteiger charge is 2.18. The number of pyridine rings is 1. The molecule has 0 saturated heterocycles. The van der Waals surface area contributed by atoms with E-state index in [2.05, 4.69) is 14.6 Å². The fourth-order valence-corrected chi connectivity index (χ4v) is 4.39. The van der Waals surface area contributed by atoms with Crippen LogP contribution in [0.25, 0.3) is 16.6 Å². The van der Waals surface area contributed by atoms with E-state index in [0.29, 0.717) is 5.02 Å². The van der Waals surface area contributed by atoms with Gasteiger partial charge in [0.15, 0.2) is 0 Å². The first-order valence-electron chi connectivity index (χ1n) is 8.67. The molecular formula is C20H17ClN4O2S. The molecule has 142 valence electrons. The van der Waals surface area contributed by atoms with E-state index >= 15 is 0 Å². The van der Waals surface area contributed by atoms with Crippen LogP contribution in [0.15, 0.2) is 58.8 Å². The molecule has 3 heterocycles. The van der Waals surface area contributed by atoms with Crippen LogP contribution >= 0.6 is 23.4 Å². The van der Waals surface area contributed by atoms with E-state index in [0.717, 1.165) is 38.6 Å². The minimum Gasteiger partial charge on any atom is -0.478 e. The first-order chi connectivity index (χ1) is 13.5. The molecule has 1 N–H and O–H groups in total. The van der Waals surface area contributed by atoms with Gasteiger partial charge in [0.2, 0.25) is 0 Å². The smallest absolute Gasteiger partial charge is 0.337 e. The van der Waals surface area contributed by atoms with Gasteiger partial charge in [0, 0.05) is 51.0 Å². The molecule has 0 amide bonds. The maximum absolute atomic E-state index is 11.3. The molecule has 0 aliphatic rings. The predicted molar refractivity (Wildman–Crippen MR) is 110 cm³/mol. The van der Waals surface area contributed by atoms with E-state index in [1.54, 1.807) is 12.3 Å². The number of nitrogens with zero attached hydrogens (tertiary/aromatic N) is 4. The maximum Gasteiger partial charge on any atom is 0.337 e. The molecule has 0 radical (unpaired) electrons. The van der Waals surface area contributed by atoms with Crippen LogP contribution in [-0.2, 0) is 6.54 Å². The Morgan fingerprint density at radius 3 is 2.79 bits per heavy atom. The van der Waals surface area contributed by atoms with Gasteiger partial charge in [-0.2, -0.15) is 5.10 Å². The van der Waals surface area contributed by atoms with Gasteiger partial charge < -0.3 is 9.67 Å². The molecule has 6 nitrogen and oxygen atoms in total. The van der Waals surface area contributed by atoms with Crippen LogP contribution in [-0.4, -0.2) is 30.4 Å². The normalized spacial score (nSPS) is 11.2. The fourth-order valence-electron chi connectivity index (χ4n) is 3.17. The molecule has 0 bridgehead atoms. The molecular weight excluding hydrogens is 396 g/mol. The van der Waals surface area contributed by atoms with Crippen molar-refractivity contribution in [2.45, 2.75) is 30.2 Å². The third-order valence-corrected chi connectivity index (χ3v) is 5.90. The van der Waals surface area contributed by atoms with Crippen molar-refractivity contribution in [1.29, 1.82) is 0 Å². The average molecular weight is 413 g/mol. The van der Waals surface area contributed by atoms with Crippen LogP contribution in [0.2, 0.25) is 5.02 Å². The van der Waals surface area contributed by atoms with Crippen LogP contribution in [0, 0.1) is 6.92 Å². The van der Waals surface area contributed by atoms with Crippen molar-refractivity contribution in [1.82, 2.24) is 19.3 Å². The lowest BCUT2D eigenvalue weighted by molar-refractivity contribution is 0.0696. The highest BCUT2D eigenvalue weighted by molar-refractivity contribution is 7.99. The Labute approximate surface area is 170 Å². The molecule has 0 saturated carbocycles. The van der Waals surface area contributed by atoms with Crippen molar-refractivity contribution in [2.24, 2.45) is 0 Å². The molecule has 0 aliphatic carbocycles. The predicted octanol–water partition coefficient (Wildman–Crippen LogP) is 5.05. The first-order valence-corrected chi connectivity index (χ1v) is 9.87. The Hall–Kier alpha value is -2.77. The molecule has 0 unspecified atom stereocenters. The van der Waals surface area contributed by atoms with Crippen molar-refractivity contribution in [3.8, 4) is 5.69 Å². The third kappa shape index (κ3) is 3.27. The SMILES string of the molecule is CCn1cc(-n2c(C)c(Sc3cncc(C(=O)O)c3)c3ccc(Cl)cc32)cn1. The molecule has 4 aromatic rings. The lowest BCUT2D eigenvalue weighted by atomic mass is 10.2. The summed E-state index contributed by atoms with van der Waals surface area (Å²) in [5, 5.41) is 15.3. The summed E-state index contributed by atoms with van der Waals surface area (Å²) >= 11 is 7.76. The largest absolute Gasteiger partial charge is 0.478 e. The quantitative estimate of drug-likeness (QED) is 0.496. The highest BCUT2D eigenvalue weighted by Crippen LogP contribution is 2.40. The number of hydrogen-bond donors (Lipinski definition) is 1. The van der Waals surface area contributed by atoms with Gasteiger partial charge in [-0.05, 0) is 32.0 Å². The lowest BCUT2D eigenvalue weighted by Crippen LogP contribution is -1.97. The summed E-state index contributed by atoms with van der Waals surface area (Å²) in [6.45, 7) is 4.86. The fraction of sp³-hybridized carbons (Fsp3) is 0.150. The lowest BCUT2D eigenvalue weighted by Gasteiger charge is -2.06. The second-order valence-corrected chi connectivity index (χ2v) is 7.80. The topological polar surface area (TPSA) is 72.9 Å². The van der Waals surface area contributed by atoms with E-state index in [4.69, 9.17) is 11.6 Å². The van der Waals surface area contributed by atoms with Crippen molar-refractivity contribution in [2.75, 3.05) is 0 Å². The van der Waals surface area contributed by atoms with Gasteiger partial charge in [-0.15, -0.1) is 0 Å². The van der Waals surface area contributed by atoms with Crippen LogP contribution < -0.4 is 0 Å².